The molecule has 4 bridgehead atoms. The van der Waals surface area contributed by atoms with E-state index in [1.54, 1.807) is 19.3 Å². The van der Waals surface area contributed by atoms with Crippen molar-refractivity contribution in [3.63, 3.8) is 0 Å². The van der Waals surface area contributed by atoms with Crippen molar-refractivity contribution in [2.75, 3.05) is 7.05 Å². The van der Waals surface area contributed by atoms with Crippen molar-refractivity contribution >= 4 is 0 Å². The summed E-state index contributed by atoms with van der Waals surface area (Å²) in [5.74, 6) is 3.24. The standard InChI is InChI=1S/C18H31N/c1-4-13(2)5-17(19-3)12-18-9-14-6-15(10-18)8-16(7-14)11-18/h14-17,19H,2,4-12H2,1,3H3. The Kier molecular flexibility index (Phi) is 3.77. The second-order valence-corrected chi connectivity index (χ2v) is 7.91. The Morgan fingerprint density at radius 1 is 1.16 bits per heavy atom. The quantitative estimate of drug-likeness (QED) is 0.692. The third-order valence-corrected chi connectivity index (χ3v) is 6.29. The third kappa shape index (κ3) is 2.77. The molecule has 1 N–H and O–H groups in total. The van der Waals surface area contributed by atoms with Gasteiger partial charge in [-0.25, -0.2) is 0 Å². The monoisotopic (exact) mass is 261 g/mol. The van der Waals surface area contributed by atoms with E-state index in [1.807, 2.05) is 0 Å². The van der Waals surface area contributed by atoms with E-state index in [4.69, 9.17) is 0 Å². The maximum atomic E-state index is 4.22. The predicted octanol–water partition coefficient (Wildman–Crippen LogP) is 4.54. The van der Waals surface area contributed by atoms with E-state index in [9.17, 15) is 0 Å². The lowest BCUT2D eigenvalue weighted by atomic mass is 9.48. The van der Waals surface area contributed by atoms with Crippen LogP contribution in [0.3, 0.4) is 0 Å². The summed E-state index contributed by atoms with van der Waals surface area (Å²) in [5.41, 5.74) is 2.13. The third-order valence-electron chi connectivity index (χ3n) is 6.29. The molecule has 1 atom stereocenters. The number of nitrogens with one attached hydrogen (secondary N) is 1. The van der Waals surface area contributed by atoms with Gasteiger partial charge in [0, 0.05) is 6.04 Å². The fraction of sp³-hybridized carbons (Fsp3) is 0.889. The van der Waals surface area contributed by atoms with Crippen LogP contribution in [-0.2, 0) is 0 Å². The molecule has 0 aromatic heterocycles. The maximum Gasteiger partial charge on any atom is 0.0106 e. The van der Waals surface area contributed by atoms with Gasteiger partial charge in [-0.2, -0.15) is 0 Å². The summed E-state index contributed by atoms with van der Waals surface area (Å²) in [6, 6.07) is 0.670. The number of hydrogen-bond acceptors (Lipinski definition) is 1. The number of rotatable bonds is 6. The molecule has 1 heteroatoms. The van der Waals surface area contributed by atoms with Crippen molar-refractivity contribution in [2.24, 2.45) is 23.2 Å². The first kappa shape index (κ1) is 13.7. The molecule has 4 saturated carbocycles. The molecular formula is C18H31N. The first-order valence-corrected chi connectivity index (χ1v) is 8.46. The van der Waals surface area contributed by atoms with Crippen LogP contribution in [-0.4, -0.2) is 13.1 Å². The second kappa shape index (κ2) is 5.24. The van der Waals surface area contributed by atoms with Gasteiger partial charge in [0.25, 0.3) is 0 Å². The van der Waals surface area contributed by atoms with Crippen LogP contribution in [0.5, 0.6) is 0 Å². The van der Waals surface area contributed by atoms with E-state index >= 15 is 0 Å². The summed E-state index contributed by atoms with van der Waals surface area (Å²) in [6.07, 6.45) is 13.0. The zero-order valence-corrected chi connectivity index (χ0v) is 12.9. The van der Waals surface area contributed by atoms with E-state index in [1.165, 1.54) is 37.7 Å². The van der Waals surface area contributed by atoms with Crippen LogP contribution < -0.4 is 5.32 Å². The van der Waals surface area contributed by atoms with Crippen LogP contribution in [0.1, 0.15) is 64.7 Å². The van der Waals surface area contributed by atoms with Gasteiger partial charge in [0.15, 0.2) is 0 Å². The lowest BCUT2D eigenvalue weighted by molar-refractivity contribution is -0.0616. The van der Waals surface area contributed by atoms with Crippen LogP contribution in [0.15, 0.2) is 12.2 Å². The summed E-state index contributed by atoms with van der Waals surface area (Å²) in [6.45, 7) is 6.45. The lowest BCUT2D eigenvalue weighted by Gasteiger charge is -2.57. The van der Waals surface area contributed by atoms with Gasteiger partial charge in [-0.1, -0.05) is 19.1 Å². The van der Waals surface area contributed by atoms with Gasteiger partial charge in [-0.15, -0.1) is 0 Å². The van der Waals surface area contributed by atoms with Gasteiger partial charge in [-0.3, -0.25) is 0 Å². The van der Waals surface area contributed by atoms with Gasteiger partial charge >= 0.3 is 0 Å². The Balaban J connectivity index is 1.66. The van der Waals surface area contributed by atoms with Crippen molar-refractivity contribution in [3.05, 3.63) is 12.2 Å². The molecule has 0 spiro atoms. The highest BCUT2D eigenvalue weighted by Crippen LogP contribution is 2.61. The Morgan fingerprint density at radius 2 is 1.68 bits per heavy atom. The molecule has 0 amide bonds. The van der Waals surface area contributed by atoms with Gasteiger partial charge in [0.2, 0.25) is 0 Å². The predicted molar refractivity (Wildman–Crippen MR) is 82.1 cm³/mol. The number of hydrogen-bond donors (Lipinski definition) is 1. The summed E-state index contributed by atoms with van der Waals surface area (Å²) in [4.78, 5) is 0. The van der Waals surface area contributed by atoms with Gasteiger partial charge in [-0.05, 0) is 88.0 Å². The normalized spacial score (nSPS) is 41.5. The largest absolute Gasteiger partial charge is 0.317 e. The topological polar surface area (TPSA) is 12.0 Å². The highest BCUT2D eigenvalue weighted by Gasteiger charge is 2.51. The molecule has 0 aliphatic heterocycles. The molecule has 0 saturated heterocycles. The Hall–Kier alpha value is -0.300. The molecule has 4 fully saturated rings. The van der Waals surface area contributed by atoms with E-state index in [2.05, 4.69) is 25.9 Å². The molecular weight excluding hydrogens is 230 g/mol. The van der Waals surface area contributed by atoms with Crippen LogP contribution in [0.25, 0.3) is 0 Å². The van der Waals surface area contributed by atoms with Crippen LogP contribution in [0, 0.1) is 23.2 Å². The zero-order chi connectivity index (χ0) is 13.5. The van der Waals surface area contributed by atoms with Crippen molar-refractivity contribution < 1.29 is 0 Å². The van der Waals surface area contributed by atoms with Crippen molar-refractivity contribution in [1.29, 1.82) is 0 Å². The van der Waals surface area contributed by atoms with Gasteiger partial charge in [0.05, 0.1) is 0 Å². The minimum Gasteiger partial charge on any atom is -0.317 e. The Labute approximate surface area is 119 Å². The Morgan fingerprint density at radius 3 is 2.11 bits per heavy atom. The van der Waals surface area contributed by atoms with Crippen molar-refractivity contribution in [1.82, 2.24) is 5.32 Å². The summed E-state index contributed by atoms with van der Waals surface area (Å²) >= 11 is 0. The fourth-order valence-electron chi connectivity index (χ4n) is 5.83. The smallest absolute Gasteiger partial charge is 0.0106 e. The molecule has 0 heterocycles. The van der Waals surface area contributed by atoms with Gasteiger partial charge in [0.1, 0.15) is 0 Å². The molecule has 1 unspecified atom stereocenters. The fourth-order valence-corrected chi connectivity index (χ4v) is 5.83. The average molecular weight is 261 g/mol. The SMILES string of the molecule is C=C(CC)CC(CC12CC3CC(CC(C3)C1)C2)NC. The first-order chi connectivity index (χ1) is 9.12. The minimum absolute atomic E-state index is 0.670. The van der Waals surface area contributed by atoms with Gasteiger partial charge < -0.3 is 5.32 Å². The molecule has 1 nitrogen and oxygen atoms in total. The lowest BCUT2D eigenvalue weighted by Crippen LogP contribution is -2.48. The molecule has 0 aromatic carbocycles. The summed E-state index contributed by atoms with van der Waals surface area (Å²) in [5, 5.41) is 3.58. The van der Waals surface area contributed by atoms with E-state index in [-0.39, 0.29) is 0 Å². The van der Waals surface area contributed by atoms with Crippen LogP contribution in [0.2, 0.25) is 0 Å². The highest BCUT2D eigenvalue weighted by atomic mass is 14.9. The Bertz CT molecular complexity index is 308. The molecule has 0 radical (unpaired) electrons. The summed E-state index contributed by atoms with van der Waals surface area (Å²) < 4.78 is 0. The average Bonchev–Trinajstić information content (AvgIpc) is 2.35. The first-order valence-electron chi connectivity index (χ1n) is 8.46. The highest BCUT2D eigenvalue weighted by molar-refractivity contribution is 5.04. The van der Waals surface area contributed by atoms with Crippen molar-refractivity contribution in [3.8, 4) is 0 Å². The van der Waals surface area contributed by atoms with Crippen LogP contribution >= 0.6 is 0 Å². The van der Waals surface area contributed by atoms with E-state index in [0.717, 1.165) is 24.2 Å². The molecule has 4 aliphatic carbocycles. The summed E-state index contributed by atoms with van der Waals surface area (Å²) in [7, 11) is 2.15. The minimum atomic E-state index is 0.670. The van der Waals surface area contributed by atoms with E-state index < -0.39 is 0 Å². The molecule has 108 valence electrons. The van der Waals surface area contributed by atoms with E-state index in [0.29, 0.717) is 11.5 Å². The molecule has 0 aromatic rings. The van der Waals surface area contributed by atoms with Crippen molar-refractivity contribution in [2.45, 2.75) is 70.8 Å². The molecule has 4 rings (SSSR count). The molecule has 4 aliphatic rings. The van der Waals surface area contributed by atoms with Crippen LogP contribution in [0.4, 0.5) is 0 Å². The zero-order valence-electron chi connectivity index (χ0n) is 12.9. The molecule has 19 heavy (non-hydrogen) atoms. The maximum absolute atomic E-state index is 4.22. The second-order valence-electron chi connectivity index (χ2n) is 7.91.